The van der Waals surface area contributed by atoms with Crippen LogP contribution in [0, 0.1) is 12.8 Å². The van der Waals surface area contributed by atoms with Crippen molar-refractivity contribution >= 4 is 17.2 Å². The Hall–Kier alpha value is -0.870. The smallest absolute Gasteiger partial charge is 0.261 e. The number of carbonyl (C=O) groups excluding carboxylic acids is 1. The summed E-state index contributed by atoms with van der Waals surface area (Å²) in [5.74, 6) is 0.344. The van der Waals surface area contributed by atoms with E-state index in [2.05, 4.69) is 5.32 Å². The van der Waals surface area contributed by atoms with Gasteiger partial charge in [0.1, 0.15) is 0 Å². The molecule has 2 N–H and O–H groups in total. The van der Waals surface area contributed by atoms with Crippen LogP contribution in [0.1, 0.15) is 34.8 Å². The van der Waals surface area contributed by atoms with Crippen molar-refractivity contribution in [1.82, 2.24) is 5.32 Å². The Morgan fingerprint density at radius 1 is 1.50 bits per heavy atom. The standard InChI is InChI=1S/C12H19NO2S/c1-8(2)6-10(14)7-13-12(15)11-5-4-9(3)16-11/h4-5,8,10,14H,6-7H2,1-3H3,(H,13,15). The summed E-state index contributed by atoms with van der Waals surface area (Å²) in [6.45, 7) is 6.39. The highest BCUT2D eigenvalue weighted by molar-refractivity contribution is 7.13. The molecule has 0 fully saturated rings. The second-order valence-corrected chi connectivity index (χ2v) is 5.69. The van der Waals surface area contributed by atoms with E-state index in [1.165, 1.54) is 11.3 Å². The van der Waals surface area contributed by atoms with Crippen molar-refractivity contribution in [2.45, 2.75) is 33.3 Å². The van der Waals surface area contributed by atoms with E-state index in [0.717, 1.165) is 4.88 Å². The average Bonchev–Trinajstić information content (AvgIpc) is 2.60. The zero-order chi connectivity index (χ0) is 12.1. The molecule has 1 aromatic heterocycles. The largest absolute Gasteiger partial charge is 0.391 e. The van der Waals surface area contributed by atoms with Gasteiger partial charge in [-0.3, -0.25) is 4.79 Å². The van der Waals surface area contributed by atoms with Gasteiger partial charge in [0.2, 0.25) is 0 Å². The predicted octanol–water partition coefficient (Wildman–Crippen LogP) is 2.19. The van der Waals surface area contributed by atoms with Gasteiger partial charge in [0.25, 0.3) is 5.91 Å². The topological polar surface area (TPSA) is 49.3 Å². The van der Waals surface area contributed by atoms with Crippen LogP contribution in [0.3, 0.4) is 0 Å². The molecule has 3 nitrogen and oxygen atoms in total. The molecule has 1 atom stereocenters. The number of hydrogen-bond acceptors (Lipinski definition) is 3. The minimum absolute atomic E-state index is 0.0964. The monoisotopic (exact) mass is 241 g/mol. The van der Waals surface area contributed by atoms with Crippen LogP contribution in [0.2, 0.25) is 0 Å². The number of amides is 1. The molecule has 0 saturated heterocycles. The predicted molar refractivity (Wildman–Crippen MR) is 66.9 cm³/mol. The summed E-state index contributed by atoms with van der Waals surface area (Å²) in [6.07, 6.45) is 0.258. The van der Waals surface area contributed by atoms with E-state index >= 15 is 0 Å². The molecule has 1 rings (SSSR count). The maximum atomic E-state index is 11.6. The maximum Gasteiger partial charge on any atom is 0.261 e. The summed E-state index contributed by atoms with van der Waals surface area (Å²) in [5, 5.41) is 12.3. The zero-order valence-corrected chi connectivity index (χ0v) is 10.8. The molecule has 0 bridgehead atoms. The van der Waals surface area contributed by atoms with Gasteiger partial charge < -0.3 is 10.4 Å². The molecular weight excluding hydrogens is 222 g/mol. The van der Waals surface area contributed by atoms with Crippen molar-refractivity contribution in [2.75, 3.05) is 6.54 Å². The Kier molecular flexibility index (Phi) is 4.96. The van der Waals surface area contributed by atoms with Gasteiger partial charge in [-0.2, -0.15) is 0 Å². The normalized spacial score (nSPS) is 12.8. The first-order chi connectivity index (χ1) is 7.49. The Bertz CT molecular complexity index is 347. The first kappa shape index (κ1) is 13.2. The van der Waals surface area contributed by atoms with E-state index in [9.17, 15) is 9.90 Å². The van der Waals surface area contributed by atoms with Gasteiger partial charge in [0.15, 0.2) is 0 Å². The number of hydrogen-bond donors (Lipinski definition) is 2. The summed E-state index contributed by atoms with van der Waals surface area (Å²) in [6, 6.07) is 3.73. The maximum absolute atomic E-state index is 11.6. The van der Waals surface area contributed by atoms with Crippen LogP contribution in [0.25, 0.3) is 0 Å². The first-order valence-electron chi connectivity index (χ1n) is 5.51. The molecule has 0 saturated carbocycles. The molecule has 4 heteroatoms. The highest BCUT2D eigenvalue weighted by Gasteiger charge is 2.11. The Labute approximate surface area is 100 Å². The summed E-state index contributed by atoms with van der Waals surface area (Å²) in [5.41, 5.74) is 0. The summed E-state index contributed by atoms with van der Waals surface area (Å²) < 4.78 is 0. The fraction of sp³-hybridized carbons (Fsp3) is 0.583. The number of aliphatic hydroxyl groups is 1. The van der Waals surface area contributed by atoms with Crippen LogP contribution in [0.5, 0.6) is 0 Å². The van der Waals surface area contributed by atoms with Gasteiger partial charge >= 0.3 is 0 Å². The molecule has 0 aromatic carbocycles. The van der Waals surface area contributed by atoms with Crippen molar-refractivity contribution in [2.24, 2.45) is 5.92 Å². The molecular formula is C12H19NO2S. The Morgan fingerprint density at radius 3 is 2.69 bits per heavy atom. The summed E-state index contributed by atoms with van der Waals surface area (Å²) in [4.78, 5) is 13.5. The third-order valence-corrected chi connectivity index (χ3v) is 3.21. The second-order valence-electron chi connectivity index (χ2n) is 4.40. The van der Waals surface area contributed by atoms with E-state index in [-0.39, 0.29) is 5.91 Å². The molecule has 1 unspecified atom stereocenters. The minimum atomic E-state index is -0.454. The fourth-order valence-corrected chi connectivity index (χ4v) is 2.27. The van der Waals surface area contributed by atoms with Gasteiger partial charge in [-0.05, 0) is 31.4 Å². The third kappa shape index (κ3) is 4.33. The average molecular weight is 241 g/mol. The van der Waals surface area contributed by atoms with Crippen LogP contribution in [-0.2, 0) is 0 Å². The van der Waals surface area contributed by atoms with Gasteiger partial charge in [0, 0.05) is 11.4 Å². The van der Waals surface area contributed by atoms with Crippen LogP contribution in [0.4, 0.5) is 0 Å². The quantitative estimate of drug-likeness (QED) is 0.830. The SMILES string of the molecule is Cc1ccc(C(=O)NCC(O)CC(C)C)s1. The number of nitrogens with one attached hydrogen (secondary N) is 1. The van der Waals surface area contributed by atoms with E-state index in [1.807, 2.05) is 32.9 Å². The van der Waals surface area contributed by atoms with Crippen LogP contribution in [0.15, 0.2) is 12.1 Å². The minimum Gasteiger partial charge on any atom is -0.391 e. The molecule has 0 spiro atoms. The first-order valence-corrected chi connectivity index (χ1v) is 6.33. The van der Waals surface area contributed by atoms with Crippen molar-refractivity contribution in [3.05, 3.63) is 21.9 Å². The van der Waals surface area contributed by atoms with E-state index in [1.54, 1.807) is 0 Å². The zero-order valence-electron chi connectivity index (χ0n) is 9.99. The lowest BCUT2D eigenvalue weighted by Crippen LogP contribution is -2.32. The van der Waals surface area contributed by atoms with Crippen molar-refractivity contribution in [3.63, 3.8) is 0 Å². The number of aryl methyl sites for hydroxylation is 1. The van der Waals surface area contributed by atoms with Gasteiger partial charge in [-0.15, -0.1) is 11.3 Å². The van der Waals surface area contributed by atoms with E-state index in [4.69, 9.17) is 0 Å². The molecule has 90 valence electrons. The molecule has 0 aliphatic rings. The third-order valence-electron chi connectivity index (χ3n) is 2.21. The molecule has 1 heterocycles. The lowest BCUT2D eigenvalue weighted by Gasteiger charge is -2.13. The number of thiophene rings is 1. The van der Waals surface area contributed by atoms with E-state index in [0.29, 0.717) is 23.8 Å². The number of rotatable bonds is 5. The Morgan fingerprint density at radius 2 is 2.19 bits per heavy atom. The molecule has 1 aromatic rings. The van der Waals surface area contributed by atoms with Gasteiger partial charge in [-0.25, -0.2) is 0 Å². The number of aliphatic hydroxyl groups excluding tert-OH is 1. The lowest BCUT2D eigenvalue weighted by molar-refractivity contribution is 0.0904. The van der Waals surface area contributed by atoms with Gasteiger partial charge in [-0.1, -0.05) is 13.8 Å². The van der Waals surface area contributed by atoms with Crippen LogP contribution < -0.4 is 5.32 Å². The summed E-state index contributed by atoms with van der Waals surface area (Å²) in [7, 11) is 0. The second kappa shape index (κ2) is 6.01. The van der Waals surface area contributed by atoms with Crippen molar-refractivity contribution in [3.8, 4) is 0 Å². The Balaban J connectivity index is 2.35. The summed E-state index contributed by atoms with van der Waals surface area (Å²) >= 11 is 1.47. The van der Waals surface area contributed by atoms with Crippen molar-refractivity contribution in [1.29, 1.82) is 0 Å². The highest BCUT2D eigenvalue weighted by atomic mass is 32.1. The highest BCUT2D eigenvalue weighted by Crippen LogP contribution is 2.14. The molecule has 0 radical (unpaired) electrons. The van der Waals surface area contributed by atoms with Crippen LogP contribution >= 0.6 is 11.3 Å². The number of carbonyl (C=O) groups is 1. The van der Waals surface area contributed by atoms with Crippen LogP contribution in [-0.4, -0.2) is 23.7 Å². The lowest BCUT2D eigenvalue weighted by atomic mass is 10.1. The molecule has 0 aliphatic heterocycles. The molecule has 16 heavy (non-hydrogen) atoms. The molecule has 1 amide bonds. The van der Waals surface area contributed by atoms with E-state index < -0.39 is 6.10 Å². The fourth-order valence-electron chi connectivity index (χ4n) is 1.48. The van der Waals surface area contributed by atoms with Crippen molar-refractivity contribution < 1.29 is 9.90 Å². The molecule has 0 aliphatic carbocycles. The van der Waals surface area contributed by atoms with Gasteiger partial charge in [0.05, 0.1) is 11.0 Å².